The number of carbonyl (C=O) groups excluding carboxylic acids is 1. The first kappa shape index (κ1) is 14.4. The molecule has 1 amide bonds. The van der Waals surface area contributed by atoms with Crippen molar-refractivity contribution in [3.05, 3.63) is 21.9 Å². The fourth-order valence-corrected chi connectivity index (χ4v) is 3.92. The molecule has 0 aliphatic carbocycles. The van der Waals surface area contributed by atoms with Crippen LogP contribution < -0.4 is 5.32 Å². The Balaban J connectivity index is 1.83. The highest BCUT2D eigenvalue weighted by Gasteiger charge is 2.15. The molecule has 0 radical (unpaired) electrons. The summed E-state index contributed by atoms with van der Waals surface area (Å²) >= 11 is 3.38. The maximum absolute atomic E-state index is 12.0. The third-order valence-electron chi connectivity index (χ3n) is 2.92. The molecule has 1 aliphatic heterocycles. The van der Waals surface area contributed by atoms with Crippen LogP contribution in [-0.4, -0.2) is 35.2 Å². The summed E-state index contributed by atoms with van der Waals surface area (Å²) < 4.78 is 0. The summed E-state index contributed by atoms with van der Waals surface area (Å²) in [6.45, 7) is 0.593. The SMILES string of the molecule is O=C(NCC1CCCCS1)c1csc(C#CCO)c1. The van der Waals surface area contributed by atoms with Crippen LogP contribution in [0.1, 0.15) is 34.5 Å². The van der Waals surface area contributed by atoms with Gasteiger partial charge in [-0.1, -0.05) is 18.3 Å². The predicted molar refractivity (Wildman–Crippen MR) is 80.7 cm³/mol. The summed E-state index contributed by atoms with van der Waals surface area (Å²) in [5.41, 5.74) is 0.660. The minimum atomic E-state index is -0.154. The number of aliphatic hydroxyl groups excluding tert-OH is 1. The molecule has 1 saturated heterocycles. The number of hydrogen-bond donors (Lipinski definition) is 2. The standard InChI is InChI=1S/C14H17NO2S2/c16-6-3-5-12-8-11(10-19-12)14(17)15-9-13-4-1-2-7-18-13/h8,10,13,16H,1-2,4,6-7,9H2,(H,15,17). The zero-order chi connectivity index (χ0) is 13.5. The van der Waals surface area contributed by atoms with Gasteiger partial charge in [-0.05, 0) is 24.7 Å². The number of nitrogens with one attached hydrogen (secondary N) is 1. The molecule has 1 aromatic rings. The molecule has 102 valence electrons. The Labute approximate surface area is 121 Å². The number of thioether (sulfide) groups is 1. The second-order valence-electron chi connectivity index (χ2n) is 4.36. The number of rotatable bonds is 3. The first-order chi connectivity index (χ1) is 9.29. The van der Waals surface area contributed by atoms with Crippen LogP contribution >= 0.6 is 23.1 Å². The number of hydrogen-bond acceptors (Lipinski definition) is 4. The van der Waals surface area contributed by atoms with Crippen LogP contribution in [0.4, 0.5) is 0 Å². The predicted octanol–water partition coefficient (Wildman–Crippen LogP) is 2.11. The lowest BCUT2D eigenvalue weighted by Gasteiger charge is -2.21. The van der Waals surface area contributed by atoms with E-state index in [2.05, 4.69) is 17.2 Å². The lowest BCUT2D eigenvalue weighted by atomic mass is 10.2. The molecule has 1 aliphatic rings. The summed E-state index contributed by atoms with van der Waals surface area (Å²) in [4.78, 5) is 12.8. The Kier molecular flexibility index (Phi) is 5.77. The molecule has 19 heavy (non-hydrogen) atoms. The van der Waals surface area contributed by atoms with E-state index in [4.69, 9.17) is 5.11 Å². The van der Waals surface area contributed by atoms with E-state index in [-0.39, 0.29) is 12.5 Å². The van der Waals surface area contributed by atoms with Crippen LogP contribution in [0, 0.1) is 11.8 Å². The average Bonchev–Trinajstić information content (AvgIpc) is 2.92. The van der Waals surface area contributed by atoms with Crippen LogP contribution in [-0.2, 0) is 0 Å². The van der Waals surface area contributed by atoms with Gasteiger partial charge in [0.05, 0.1) is 10.4 Å². The van der Waals surface area contributed by atoms with Crippen molar-refractivity contribution in [3.8, 4) is 11.8 Å². The molecule has 2 heterocycles. The van der Waals surface area contributed by atoms with Crippen molar-refractivity contribution >= 4 is 29.0 Å². The minimum Gasteiger partial charge on any atom is -0.384 e. The average molecular weight is 295 g/mol. The van der Waals surface area contributed by atoms with Crippen molar-refractivity contribution in [1.82, 2.24) is 5.32 Å². The van der Waals surface area contributed by atoms with Gasteiger partial charge in [0.1, 0.15) is 6.61 Å². The third kappa shape index (κ3) is 4.57. The third-order valence-corrected chi connectivity index (χ3v) is 5.16. The maximum Gasteiger partial charge on any atom is 0.252 e. The highest BCUT2D eigenvalue weighted by molar-refractivity contribution is 7.99. The minimum absolute atomic E-state index is 0.0283. The van der Waals surface area contributed by atoms with Crippen molar-refractivity contribution < 1.29 is 9.90 Å². The van der Waals surface area contributed by atoms with E-state index in [1.807, 2.05) is 17.1 Å². The zero-order valence-electron chi connectivity index (χ0n) is 10.6. The van der Waals surface area contributed by atoms with Gasteiger partial charge in [0.2, 0.25) is 0 Å². The van der Waals surface area contributed by atoms with Crippen LogP contribution in [0.2, 0.25) is 0 Å². The number of amides is 1. The number of carbonyl (C=O) groups is 1. The molecular formula is C14H17NO2S2. The summed E-state index contributed by atoms with van der Waals surface area (Å²) in [6, 6.07) is 1.77. The van der Waals surface area contributed by atoms with E-state index in [0.717, 1.165) is 11.4 Å². The van der Waals surface area contributed by atoms with Crippen LogP contribution in [0.5, 0.6) is 0 Å². The van der Waals surface area contributed by atoms with E-state index >= 15 is 0 Å². The van der Waals surface area contributed by atoms with Gasteiger partial charge in [0.25, 0.3) is 5.91 Å². The van der Waals surface area contributed by atoms with E-state index in [0.29, 0.717) is 10.8 Å². The molecule has 0 saturated carbocycles. The van der Waals surface area contributed by atoms with E-state index in [9.17, 15) is 4.79 Å². The van der Waals surface area contributed by atoms with Crippen LogP contribution in [0.25, 0.3) is 0 Å². The zero-order valence-corrected chi connectivity index (χ0v) is 12.3. The molecule has 1 fully saturated rings. The quantitative estimate of drug-likeness (QED) is 0.840. The second kappa shape index (κ2) is 7.59. The molecular weight excluding hydrogens is 278 g/mol. The topological polar surface area (TPSA) is 49.3 Å². The molecule has 0 aromatic carbocycles. The van der Waals surface area contributed by atoms with Gasteiger partial charge in [-0.2, -0.15) is 11.8 Å². The van der Waals surface area contributed by atoms with Gasteiger partial charge in [0.15, 0.2) is 0 Å². The largest absolute Gasteiger partial charge is 0.384 e. The molecule has 2 N–H and O–H groups in total. The molecule has 1 unspecified atom stereocenters. The van der Waals surface area contributed by atoms with Crippen molar-refractivity contribution in [2.24, 2.45) is 0 Å². The van der Waals surface area contributed by atoms with E-state index in [1.54, 1.807) is 6.07 Å². The first-order valence-electron chi connectivity index (χ1n) is 6.37. The van der Waals surface area contributed by atoms with Gasteiger partial charge < -0.3 is 10.4 Å². The van der Waals surface area contributed by atoms with Crippen molar-refractivity contribution in [2.45, 2.75) is 24.5 Å². The Morgan fingerprint density at radius 1 is 1.53 bits per heavy atom. The van der Waals surface area contributed by atoms with Gasteiger partial charge in [-0.15, -0.1) is 11.3 Å². The van der Waals surface area contributed by atoms with Gasteiger partial charge in [-0.3, -0.25) is 4.79 Å². The maximum atomic E-state index is 12.0. The second-order valence-corrected chi connectivity index (χ2v) is 6.68. The monoisotopic (exact) mass is 295 g/mol. The Morgan fingerprint density at radius 2 is 2.42 bits per heavy atom. The van der Waals surface area contributed by atoms with E-state index in [1.165, 1.54) is 36.4 Å². The molecule has 5 heteroatoms. The molecule has 0 spiro atoms. The Bertz CT molecular complexity index is 481. The van der Waals surface area contributed by atoms with Gasteiger partial charge in [0, 0.05) is 17.2 Å². The molecule has 3 nitrogen and oxygen atoms in total. The summed E-state index contributed by atoms with van der Waals surface area (Å²) in [5, 5.41) is 14.0. The summed E-state index contributed by atoms with van der Waals surface area (Å²) in [6.07, 6.45) is 3.77. The van der Waals surface area contributed by atoms with E-state index < -0.39 is 0 Å². The van der Waals surface area contributed by atoms with Gasteiger partial charge >= 0.3 is 0 Å². The Hall–Kier alpha value is -0.960. The van der Waals surface area contributed by atoms with Gasteiger partial charge in [-0.25, -0.2) is 0 Å². The first-order valence-corrected chi connectivity index (χ1v) is 8.30. The molecule has 0 bridgehead atoms. The number of thiophene rings is 1. The fourth-order valence-electron chi connectivity index (χ4n) is 1.92. The highest BCUT2D eigenvalue weighted by Crippen LogP contribution is 2.24. The van der Waals surface area contributed by atoms with Crippen molar-refractivity contribution in [1.29, 1.82) is 0 Å². The molecule has 1 atom stereocenters. The van der Waals surface area contributed by atoms with Crippen molar-refractivity contribution in [3.63, 3.8) is 0 Å². The summed E-state index contributed by atoms with van der Waals surface area (Å²) in [7, 11) is 0. The lowest BCUT2D eigenvalue weighted by molar-refractivity contribution is 0.0954. The molecule has 2 rings (SSSR count). The van der Waals surface area contributed by atoms with Crippen LogP contribution in [0.3, 0.4) is 0 Å². The fraction of sp³-hybridized carbons (Fsp3) is 0.500. The molecule has 1 aromatic heterocycles. The smallest absolute Gasteiger partial charge is 0.252 e. The summed E-state index contributed by atoms with van der Waals surface area (Å²) in [5.74, 6) is 6.57. The van der Waals surface area contributed by atoms with Crippen molar-refractivity contribution in [2.75, 3.05) is 18.9 Å². The normalized spacial score (nSPS) is 18.5. The van der Waals surface area contributed by atoms with Crippen LogP contribution in [0.15, 0.2) is 11.4 Å². The lowest BCUT2D eigenvalue weighted by Crippen LogP contribution is -2.31. The number of aliphatic hydroxyl groups is 1. The highest BCUT2D eigenvalue weighted by atomic mass is 32.2. The Morgan fingerprint density at radius 3 is 3.16 bits per heavy atom.